The average molecular weight is 742 g/mol. The summed E-state index contributed by atoms with van der Waals surface area (Å²) < 4.78 is 6.52. The van der Waals surface area contributed by atoms with Crippen LogP contribution in [-0.2, 0) is 6.42 Å². The first kappa shape index (κ1) is 33.9. The molecule has 9 aromatic carbocycles. The van der Waals surface area contributed by atoms with Gasteiger partial charge in [0, 0.05) is 34.2 Å². The maximum Gasteiger partial charge on any atom is 0.135 e. The zero-order valence-corrected chi connectivity index (χ0v) is 32.0. The van der Waals surface area contributed by atoms with Crippen LogP contribution in [-0.4, -0.2) is 0 Å². The monoisotopic (exact) mass is 741 g/mol. The number of benzene rings is 9. The maximum atomic E-state index is 6.52. The van der Waals surface area contributed by atoms with Crippen LogP contribution in [0.2, 0.25) is 0 Å². The van der Waals surface area contributed by atoms with Crippen molar-refractivity contribution < 1.29 is 4.42 Å². The largest absolute Gasteiger partial charge is 0.460 e. The number of rotatable bonds is 7. The van der Waals surface area contributed by atoms with Crippen LogP contribution in [0.3, 0.4) is 0 Å². The highest BCUT2D eigenvalue weighted by Gasteiger charge is 2.23. The minimum atomic E-state index is 0.929. The predicted octanol–water partition coefficient (Wildman–Crippen LogP) is 15.8. The minimum absolute atomic E-state index is 0.929. The van der Waals surface area contributed by atoms with Crippen LogP contribution in [0.25, 0.3) is 83.1 Å². The molecule has 0 saturated carbocycles. The number of para-hydroxylation sites is 2. The molecule has 1 aromatic heterocycles. The summed E-state index contributed by atoms with van der Waals surface area (Å²) in [6.07, 6.45) is 6.42. The number of hydrogen-bond acceptors (Lipinski definition) is 2. The Labute approximate surface area is 338 Å². The van der Waals surface area contributed by atoms with Gasteiger partial charge in [-0.1, -0.05) is 176 Å². The molecule has 0 unspecified atom stereocenters. The summed E-state index contributed by atoms with van der Waals surface area (Å²) in [5, 5.41) is 6.19. The number of aryl methyl sites for hydroxylation is 1. The molecule has 0 amide bonds. The van der Waals surface area contributed by atoms with E-state index < -0.39 is 0 Å². The van der Waals surface area contributed by atoms with Gasteiger partial charge in [-0.2, -0.15) is 0 Å². The third-order valence-electron chi connectivity index (χ3n) is 11.7. The minimum Gasteiger partial charge on any atom is -0.460 e. The van der Waals surface area contributed by atoms with Gasteiger partial charge in [-0.3, -0.25) is 0 Å². The molecule has 0 bridgehead atoms. The van der Waals surface area contributed by atoms with E-state index in [0.717, 1.165) is 57.9 Å². The van der Waals surface area contributed by atoms with Gasteiger partial charge in [0.1, 0.15) is 11.3 Å². The van der Waals surface area contributed by atoms with Crippen molar-refractivity contribution in [2.24, 2.45) is 0 Å². The topological polar surface area (TPSA) is 16.4 Å². The number of nitrogens with zero attached hydrogens (tertiary/aromatic N) is 1. The van der Waals surface area contributed by atoms with Gasteiger partial charge < -0.3 is 9.32 Å². The molecule has 0 N–H and O–H groups in total. The second-order valence-corrected chi connectivity index (χ2v) is 15.1. The Morgan fingerprint density at radius 2 is 1.03 bits per heavy atom. The lowest BCUT2D eigenvalue weighted by molar-refractivity contribution is 0.546. The number of hydrogen-bond donors (Lipinski definition) is 0. The highest BCUT2D eigenvalue weighted by molar-refractivity contribution is 6.12. The third-order valence-corrected chi connectivity index (χ3v) is 11.7. The van der Waals surface area contributed by atoms with Crippen molar-refractivity contribution in [3.8, 4) is 44.5 Å². The van der Waals surface area contributed by atoms with Crippen molar-refractivity contribution in [1.29, 1.82) is 0 Å². The van der Waals surface area contributed by atoms with E-state index in [-0.39, 0.29) is 0 Å². The van der Waals surface area contributed by atoms with Gasteiger partial charge >= 0.3 is 0 Å². The lowest BCUT2D eigenvalue weighted by Gasteiger charge is -2.30. The first-order valence-electron chi connectivity index (χ1n) is 20.1. The molecule has 0 radical (unpaired) electrons. The normalized spacial score (nSPS) is 12.3. The van der Waals surface area contributed by atoms with Crippen molar-refractivity contribution in [3.05, 3.63) is 218 Å². The molecule has 58 heavy (non-hydrogen) atoms. The van der Waals surface area contributed by atoms with Gasteiger partial charge in [0.05, 0.1) is 11.4 Å². The molecule has 11 rings (SSSR count). The second-order valence-electron chi connectivity index (χ2n) is 15.1. The first-order chi connectivity index (χ1) is 28.8. The Morgan fingerprint density at radius 3 is 1.91 bits per heavy atom. The van der Waals surface area contributed by atoms with Crippen LogP contribution >= 0.6 is 0 Å². The Balaban J connectivity index is 1.14. The van der Waals surface area contributed by atoms with Crippen LogP contribution in [0.15, 0.2) is 211 Å². The van der Waals surface area contributed by atoms with Crippen LogP contribution < -0.4 is 4.90 Å². The van der Waals surface area contributed by atoms with Crippen molar-refractivity contribution in [1.82, 2.24) is 0 Å². The molecule has 2 heteroatoms. The maximum absolute atomic E-state index is 6.52. The van der Waals surface area contributed by atoms with Gasteiger partial charge in [0.25, 0.3) is 0 Å². The van der Waals surface area contributed by atoms with Gasteiger partial charge in [-0.05, 0) is 97.7 Å². The summed E-state index contributed by atoms with van der Waals surface area (Å²) in [4.78, 5) is 2.45. The van der Waals surface area contributed by atoms with Crippen molar-refractivity contribution in [2.75, 3.05) is 4.90 Å². The molecule has 274 valence electrons. The van der Waals surface area contributed by atoms with Gasteiger partial charge in [-0.15, -0.1) is 0 Å². The highest BCUT2D eigenvalue weighted by atomic mass is 16.3. The Hall–Kier alpha value is -7.42. The molecule has 0 fully saturated rings. The molecule has 0 atom stereocenters. The van der Waals surface area contributed by atoms with Crippen LogP contribution in [0.4, 0.5) is 17.1 Å². The quantitative estimate of drug-likeness (QED) is 0.151. The fourth-order valence-corrected chi connectivity index (χ4v) is 9.03. The van der Waals surface area contributed by atoms with Crippen LogP contribution in [0.1, 0.15) is 17.7 Å². The molecule has 1 heterocycles. The molecular formula is C56H39NO. The number of anilines is 3. The summed E-state index contributed by atoms with van der Waals surface area (Å²) in [7, 11) is 0. The summed E-state index contributed by atoms with van der Waals surface area (Å²) in [6.45, 7) is 0. The van der Waals surface area contributed by atoms with E-state index in [2.05, 4.69) is 217 Å². The first-order valence-corrected chi connectivity index (χ1v) is 20.1. The van der Waals surface area contributed by atoms with E-state index in [1.54, 1.807) is 0 Å². The summed E-state index contributed by atoms with van der Waals surface area (Å²) >= 11 is 0. The van der Waals surface area contributed by atoms with Crippen molar-refractivity contribution in [2.45, 2.75) is 12.8 Å². The van der Waals surface area contributed by atoms with Crippen molar-refractivity contribution in [3.63, 3.8) is 0 Å². The molecule has 1 aliphatic rings. The lowest BCUT2D eigenvalue weighted by atomic mass is 9.92. The van der Waals surface area contributed by atoms with E-state index in [4.69, 9.17) is 4.42 Å². The Kier molecular flexibility index (Phi) is 8.33. The smallest absolute Gasteiger partial charge is 0.135 e. The SMILES string of the molecule is C1=Cc2c(oc3cc(-c4ccccc4N(c4cccc(-c5cccc6c5ccc5ccccc56)c4)c4ccccc4-c4ccccc4-c4ccccc4)ccc23)CC1. The van der Waals surface area contributed by atoms with E-state index in [1.807, 2.05) is 0 Å². The van der Waals surface area contributed by atoms with E-state index in [0.29, 0.717) is 0 Å². The number of allylic oxidation sites excluding steroid dienone is 1. The third kappa shape index (κ3) is 5.81. The van der Waals surface area contributed by atoms with E-state index in [1.165, 1.54) is 60.3 Å². The standard InChI is InChI=1S/C56H39NO/c1-2-16-38(17-3-1)43-22-6-7-24-48(43)50-25-9-12-30-54(50)57(53-29-11-8-23-46(53)41-33-35-52-51-26-10-13-31-55(51)58-56(52)37-41)42-20-14-19-40(36-42)45-27-15-28-47-44-21-5-4-18-39(44)32-34-49(45)47/h1-12,14-30,32-37H,13,31H2. The van der Waals surface area contributed by atoms with Crippen LogP contribution in [0.5, 0.6) is 0 Å². The number of furan rings is 1. The fourth-order valence-electron chi connectivity index (χ4n) is 9.03. The zero-order valence-electron chi connectivity index (χ0n) is 32.0. The lowest BCUT2D eigenvalue weighted by Crippen LogP contribution is -2.12. The molecule has 10 aromatic rings. The summed E-state index contributed by atoms with van der Waals surface area (Å²) in [5.41, 5.74) is 14.7. The molecule has 0 saturated heterocycles. The highest BCUT2D eigenvalue weighted by Crippen LogP contribution is 2.48. The fraction of sp³-hybridized carbons (Fsp3) is 0.0357. The molecule has 1 aliphatic carbocycles. The molecular weight excluding hydrogens is 703 g/mol. The van der Waals surface area contributed by atoms with Gasteiger partial charge in [0.15, 0.2) is 0 Å². The second kappa shape index (κ2) is 14.3. The van der Waals surface area contributed by atoms with Gasteiger partial charge in [0.2, 0.25) is 0 Å². The summed E-state index contributed by atoms with van der Waals surface area (Å²) in [5.74, 6) is 1.08. The van der Waals surface area contributed by atoms with E-state index in [9.17, 15) is 0 Å². The molecule has 2 nitrogen and oxygen atoms in total. The Bertz CT molecular complexity index is 3190. The molecule has 0 spiro atoms. The van der Waals surface area contributed by atoms with Crippen LogP contribution in [0, 0.1) is 0 Å². The van der Waals surface area contributed by atoms with E-state index >= 15 is 0 Å². The number of fused-ring (bicyclic) bond motifs is 6. The predicted molar refractivity (Wildman–Crippen MR) is 245 cm³/mol. The molecule has 0 aliphatic heterocycles. The Morgan fingerprint density at radius 1 is 0.397 bits per heavy atom. The van der Waals surface area contributed by atoms with Crippen molar-refractivity contribution >= 4 is 55.7 Å². The average Bonchev–Trinajstić information content (AvgIpc) is 3.68. The zero-order chi connectivity index (χ0) is 38.4. The van der Waals surface area contributed by atoms with Gasteiger partial charge in [-0.25, -0.2) is 0 Å². The summed E-state index contributed by atoms with van der Waals surface area (Å²) in [6, 6.07) is 72.8.